The van der Waals surface area contributed by atoms with E-state index >= 15 is 0 Å². The summed E-state index contributed by atoms with van der Waals surface area (Å²) in [4.78, 5) is 42.0. The third kappa shape index (κ3) is 4.38. The Morgan fingerprint density at radius 3 is 1.79 bits per heavy atom. The van der Waals surface area contributed by atoms with Crippen molar-refractivity contribution in [1.82, 2.24) is 9.80 Å². The minimum atomic E-state index is -0.993. The summed E-state index contributed by atoms with van der Waals surface area (Å²) in [6.45, 7) is 4.92. The van der Waals surface area contributed by atoms with Crippen molar-refractivity contribution in [2.24, 2.45) is 23.3 Å². The van der Waals surface area contributed by atoms with Gasteiger partial charge in [0, 0.05) is 49.1 Å². The fourth-order valence-electron chi connectivity index (χ4n) is 13.9. The Labute approximate surface area is 331 Å². The van der Waals surface area contributed by atoms with Gasteiger partial charge in [0.2, 0.25) is 5.79 Å². The van der Waals surface area contributed by atoms with Crippen LogP contribution >= 0.6 is 0 Å². The topological polar surface area (TPSA) is 187 Å². The molecule has 8 atom stereocenters. The Morgan fingerprint density at radius 1 is 0.702 bits per heavy atom. The monoisotopic (exact) mass is 780 g/mol. The summed E-state index contributed by atoms with van der Waals surface area (Å²) in [5.74, 6) is 0.646. The molecule has 13 heteroatoms. The van der Waals surface area contributed by atoms with Gasteiger partial charge < -0.3 is 40.6 Å². The second kappa shape index (κ2) is 11.6. The number of nitrogens with zero attached hydrogens (tertiary/aromatic N) is 2. The number of ether oxygens (including phenoxy) is 4. The molecule has 302 valence electrons. The Morgan fingerprint density at radius 2 is 1.23 bits per heavy atom. The van der Waals surface area contributed by atoms with Gasteiger partial charge in [0.05, 0.1) is 46.4 Å². The molecule has 2 aromatic rings. The first kappa shape index (κ1) is 35.4. The number of fused-ring (bicyclic) bond motifs is 1. The van der Waals surface area contributed by atoms with E-state index in [-0.39, 0.29) is 17.9 Å². The van der Waals surface area contributed by atoms with Gasteiger partial charge in [0.1, 0.15) is 11.5 Å². The molecular formula is C44H52N4O9. The SMILES string of the molecule is NC(=O)c1ccc2c3c1OC1C(=O)CCC4(O)[C@@H](C2)N(CC2CC2)CC[C@]314.NC(=O)c1ccc2c3c1OC1C4(CCC5(O)[C@@H](C2)N(CC2CC2)CC[C@]315)OCCO4. The minimum absolute atomic E-state index is 0.00364. The number of aliphatic hydroxyl groups is 2. The lowest BCUT2D eigenvalue weighted by Gasteiger charge is -2.65. The van der Waals surface area contributed by atoms with Crippen molar-refractivity contribution in [2.75, 3.05) is 39.4 Å². The molecule has 0 radical (unpaired) electrons. The van der Waals surface area contributed by atoms with Crippen molar-refractivity contribution in [3.8, 4) is 11.5 Å². The van der Waals surface area contributed by atoms with Crippen molar-refractivity contribution in [3.63, 3.8) is 0 Å². The summed E-state index contributed by atoms with van der Waals surface area (Å²) in [5.41, 5.74) is 12.9. The van der Waals surface area contributed by atoms with Crippen molar-refractivity contribution in [3.05, 3.63) is 57.6 Å². The van der Waals surface area contributed by atoms with Crippen molar-refractivity contribution >= 4 is 17.6 Å². The van der Waals surface area contributed by atoms with E-state index in [1.54, 1.807) is 12.1 Å². The zero-order valence-electron chi connectivity index (χ0n) is 32.3. The van der Waals surface area contributed by atoms with Crippen LogP contribution in [-0.4, -0.2) is 118 Å². The van der Waals surface area contributed by atoms with Gasteiger partial charge in [0.25, 0.3) is 11.8 Å². The van der Waals surface area contributed by atoms with E-state index in [1.165, 1.54) is 31.2 Å². The van der Waals surface area contributed by atoms with E-state index < -0.39 is 51.8 Å². The van der Waals surface area contributed by atoms with E-state index in [4.69, 9.17) is 30.4 Å². The molecule has 57 heavy (non-hydrogen) atoms. The van der Waals surface area contributed by atoms with Gasteiger partial charge in [-0.05, 0) is 112 Å². The summed E-state index contributed by atoms with van der Waals surface area (Å²) in [7, 11) is 0. The molecule has 3 saturated heterocycles. The number of carbonyl (C=O) groups excluding carboxylic acids is 3. The summed E-state index contributed by atoms with van der Waals surface area (Å²) in [5, 5.41) is 24.5. The molecule has 7 fully saturated rings. The van der Waals surface area contributed by atoms with Gasteiger partial charge in [-0.25, -0.2) is 0 Å². The van der Waals surface area contributed by atoms with Crippen LogP contribution in [0.3, 0.4) is 0 Å². The summed E-state index contributed by atoms with van der Waals surface area (Å²) >= 11 is 0. The number of benzene rings is 2. The van der Waals surface area contributed by atoms with E-state index in [9.17, 15) is 24.6 Å². The lowest BCUT2D eigenvalue weighted by Crippen LogP contribution is -2.79. The number of Topliss-reactive ketones (excluding diaryl/α,β-unsaturated/α-hetero) is 1. The summed E-state index contributed by atoms with van der Waals surface area (Å²) < 4.78 is 25.1. The van der Waals surface area contributed by atoms with Gasteiger partial charge >= 0.3 is 0 Å². The van der Waals surface area contributed by atoms with Crippen molar-refractivity contribution < 1.29 is 43.5 Å². The van der Waals surface area contributed by atoms with Crippen LogP contribution in [0.2, 0.25) is 0 Å². The lowest BCUT2D eigenvalue weighted by atomic mass is 9.48. The molecule has 13 rings (SSSR count). The Hall–Kier alpha value is -3.59. The van der Waals surface area contributed by atoms with Gasteiger partial charge in [-0.1, -0.05) is 12.1 Å². The fraction of sp³-hybridized carbons (Fsp3) is 0.659. The van der Waals surface area contributed by atoms with E-state index in [2.05, 4.69) is 9.80 Å². The number of carbonyl (C=O) groups is 3. The van der Waals surface area contributed by atoms with Crippen LogP contribution in [0.5, 0.6) is 11.5 Å². The van der Waals surface area contributed by atoms with Crippen LogP contribution in [0.4, 0.5) is 0 Å². The summed E-state index contributed by atoms with van der Waals surface area (Å²) in [6, 6.07) is 7.55. The van der Waals surface area contributed by atoms with Crippen LogP contribution < -0.4 is 20.9 Å². The van der Waals surface area contributed by atoms with Crippen LogP contribution in [0.25, 0.3) is 0 Å². The molecule has 4 saturated carbocycles. The molecule has 2 aromatic carbocycles. The van der Waals surface area contributed by atoms with Gasteiger partial charge in [0.15, 0.2) is 18.0 Å². The zero-order chi connectivity index (χ0) is 38.9. The maximum absolute atomic E-state index is 12.8. The van der Waals surface area contributed by atoms with E-state index in [1.807, 2.05) is 12.1 Å². The maximum Gasteiger partial charge on any atom is 0.252 e. The van der Waals surface area contributed by atoms with Crippen LogP contribution in [0.1, 0.15) is 107 Å². The highest BCUT2D eigenvalue weighted by atomic mass is 16.8. The second-order valence-corrected chi connectivity index (χ2v) is 19.3. The highest BCUT2D eigenvalue weighted by Crippen LogP contribution is 2.68. The number of ketones is 1. The molecule has 0 aromatic heterocycles. The molecule has 4 unspecified atom stereocenters. The smallest absolute Gasteiger partial charge is 0.252 e. The van der Waals surface area contributed by atoms with Crippen LogP contribution in [0.15, 0.2) is 24.3 Å². The highest BCUT2D eigenvalue weighted by molar-refractivity contribution is 5.99. The number of hydrogen-bond donors (Lipinski definition) is 4. The Balaban J connectivity index is 0.000000126. The number of piperidine rings is 2. The third-order valence-electron chi connectivity index (χ3n) is 16.7. The molecule has 11 aliphatic rings. The van der Waals surface area contributed by atoms with Gasteiger partial charge in [-0.2, -0.15) is 0 Å². The largest absolute Gasteiger partial charge is 0.483 e. The number of rotatable bonds is 6. The van der Waals surface area contributed by atoms with Crippen molar-refractivity contribution in [1.29, 1.82) is 0 Å². The molecule has 5 aliphatic heterocycles. The molecule has 4 bridgehead atoms. The Bertz CT molecular complexity index is 2150. The maximum atomic E-state index is 12.8. The minimum Gasteiger partial charge on any atom is -0.483 e. The second-order valence-electron chi connectivity index (χ2n) is 19.3. The fourth-order valence-corrected chi connectivity index (χ4v) is 13.9. The number of amides is 2. The van der Waals surface area contributed by atoms with Gasteiger partial charge in [-0.3, -0.25) is 24.2 Å². The van der Waals surface area contributed by atoms with Crippen molar-refractivity contribution in [2.45, 2.75) is 129 Å². The van der Waals surface area contributed by atoms with E-state index in [0.29, 0.717) is 67.9 Å². The quantitative estimate of drug-likeness (QED) is 0.336. The predicted octanol–water partition coefficient (Wildman–Crippen LogP) is 2.01. The number of primary amides is 2. The number of nitrogens with two attached hydrogens (primary N) is 2. The Kier molecular flexibility index (Phi) is 7.18. The molecule has 6 N–H and O–H groups in total. The number of hydrogen-bond acceptors (Lipinski definition) is 11. The standard InChI is InChI=1S/C23H28N2O5.C21H24N2O4/c24-19(26)15-4-3-14-11-16-22(27)5-6-23(28-9-10-29-23)20-21(22,17(14)18(15)30-20)7-8-25(16)12-13-1-2-13;22-19(25)13-4-3-12-9-15-21(26)6-5-14(24)18-20(21,16(12)17(13)27-18)7-8-23(15)10-11-1-2-11/h3-4,13,16,20,27H,1-2,5-12H2,(H2,24,26);3-4,11,15,18,26H,1-2,5-10H2,(H2,22,25)/t16-,20?,21+,22?;15-,18?,20+,21?/m11/s1. The molecule has 2 amide bonds. The first-order chi connectivity index (χ1) is 27.4. The molecule has 13 nitrogen and oxygen atoms in total. The molecule has 5 heterocycles. The first-order valence-corrected chi connectivity index (χ1v) is 21.4. The van der Waals surface area contributed by atoms with Crippen LogP contribution in [0, 0.1) is 11.8 Å². The molecular weight excluding hydrogens is 729 g/mol. The first-order valence-electron chi connectivity index (χ1n) is 21.4. The average molecular weight is 781 g/mol. The number of likely N-dealkylation sites (tertiary alicyclic amines) is 2. The molecule has 3 spiro atoms. The zero-order valence-corrected chi connectivity index (χ0v) is 32.3. The summed E-state index contributed by atoms with van der Waals surface area (Å²) in [6.07, 6.45) is 8.95. The normalized spacial score (nSPS) is 39.7. The van der Waals surface area contributed by atoms with E-state index in [0.717, 1.165) is 74.0 Å². The van der Waals surface area contributed by atoms with Gasteiger partial charge in [-0.15, -0.1) is 0 Å². The highest BCUT2D eigenvalue weighted by Gasteiger charge is 2.78. The third-order valence-corrected chi connectivity index (χ3v) is 16.7. The molecule has 6 aliphatic carbocycles. The average Bonchev–Trinajstić information content (AvgIpc) is 4.06. The predicted molar refractivity (Wildman–Crippen MR) is 203 cm³/mol. The van der Waals surface area contributed by atoms with Crippen LogP contribution in [-0.2, 0) is 37.9 Å². The lowest BCUT2D eigenvalue weighted by molar-refractivity contribution is -0.296.